The van der Waals surface area contributed by atoms with E-state index in [0.717, 1.165) is 24.0 Å². The molecule has 2 N–H and O–H groups in total. The van der Waals surface area contributed by atoms with Crippen molar-refractivity contribution < 1.29 is 23.1 Å². The van der Waals surface area contributed by atoms with Crippen LogP contribution < -0.4 is 9.46 Å². The Labute approximate surface area is 223 Å². The Kier molecular flexibility index (Phi) is 8.44. The third kappa shape index (κ3) is 6.55. The van der Waals surface area contributed by atoms with Crippen LogP contribution in [0.4, 0.5) is 0 Å². The molecule has 38 heavy (non-hydrogen) atoms. The molecule has 0 bridgehead atoms. The van der Waals surface area contributed by atoms with E-state index < -0.39 is 16.2 Å². The SMILES string of the molecule is Cc1cccc(CN(C)S(=O)(=O)NCc2c(-c3ccc(OC4CCCC(C(=O)O)C4)c(C)n3)nnn2C)c1. The average molecular weight is 543 g/mol. The number of nitrogens with zero attached hydrogens (tertiary/aromatic N) is 5. The van der Waals surface area contributed by atoms with Crippen molar-refractivity contribution >= 4 is 16.2 Å². The Morgan fingerprint density at radius 2 is 2.03 bits per heavy atom. The average Bonchev–Trinajstić information content (AvgIpc) is 3.24. The molecule has 2 atom stereocenters. The Morgan fingerprint density at radius 1 is 1.24 bits per heavy atom. The van der Waals surface area contributed by atoms with Gasteiger partial charge in [-0.15, -0.1) is 5.10 Å². The zero-order valence-electron chi connectivity index (χ0n) is 22.1. The molecule has 3 aromatic rings. The predicted molar refractivity (Wildman–Crippen MR) is 141 cm³/mol. The number of aliphatic carboxylic acids is 1. The van der Waals surface area contributed by atoms with E-state index in [0.29, 0.717) is 41.4 Å². The van der Waals surface area contributed by atoms with Gasteiger partial charge in [0.25, 0.3) is 10.2 Å². The molecule has 1 aromatic carbocycles. The summed E-state index contributed by atoms with van der Waals surface area (Å²) in [7, 11) is -0.546. The summed E-state index contributed by atoms with van der Waals surface area (Å²) in [6, 6.07) is 11.3. The molecule has 0 saturated heterocycles. The van der Waals surface area contributed by atoms with E-state index >= 15 is 0 Å². The van der Waals surface area contributed by atoms with Crippen LogP contribution in [0.15, 0.2) is 36.4 Å². The van der Waals surface area contributed by atoms with Crippen molar-refractivity contribution in [2.24, 2.45) is 13.0 Å². The number of carboxylic acids is 1. The number of carbonyl (C=O) groups is 1. The van der Waals surface area contributed by atoms with Crippen LogP contribution in [0.2, 0.25) is 0 Å². The van der Waals surface area contributed by atoms with Gasteiger partial charge in [0.15, 0.2) is 0 Å². The van der Waals surface area contributed by atoms with Crippen LogP contribution in [0, 0.1) is 19.8 Å². The van der Waals surface area contributed by atoms with Gasteiger partial charge in [0.05, 0.1) is 35.6 Å². The standard InChI is InChI=1S/C26H34N6O5S/c1-17-7-5-8-19(13-17)16-31(3)38(35,36)27-15-23-25(29-30-32(23)4)22-11-12-24(18(2)28-22)37-21-10-6-9-20(14-21)26(33)34/h5,7-8,11-13,20-21,27H,6,9-10,14-16H2,1-4H3,(H,33,34). The van der Waals surface area contributed by atoms with Gasteiger partial charge >= 0.3 is 5.97 Å². The molecule has 4 rings (SSSR count). The van der Waals surface area contributed by atoms with Crippen molar-refractivity contribution in [2.45, 2.75) is 58.7 Å². The molecule has 0 amide bonds. The molecule has 2 heterocycles. The fraction of sp³-hybridized carbons (Fsp3) is 0.462. The minimum Gasteiger partial charge on any atom is -0.489 e. The van der Waals surface area contributed by atoms with Crippen molar-refractivity contribution in [1.82, 2.24) is 29.0 Å². The normalized spacial score (nSPS) is 18.0. The second kappa shape index (κ2) is 11.6. The zero-order valence-corrected chi connectivity index (χ0v) is 22.9. The van der Waals surface area contributed by atoms with Gasteiger partial charge in [0.2, 0.25) is 0 Å². The van der Waals surface area contributed by atoms with Crippen molar-refractivity contribution in [3.05, 3.63) is 58.9 Å². The van der Waals surface area contributed by atoms with Gasteiger partial charge in [-0.05, 0) is 57.2 Å². The van der Waals surface area contributed by atoms with E-state index in [1.165, 1.54) is 16.0 Å². The van der Waals surface area contributed by atoms with Gasteiger partial charge in [0.1, 0.15) is 11.4 Å². The maximum Gasteiger partial charge on any atom is 0.306 e. The van der Waals surface area contributed by atoms with E-state index in [1.54, 1.807) is 19.2 Å². The summed E-state index contributed by atoms with van der Waals surface area (Å²) in [6.07, 6.45) is 2.59. The summed E-state index contributed by atoms with van der Waals surface area (Å²) in [5.74, 6) is -0.576. The highest BCUT2D eigenvalue weighted by Gasteiger charge is 2.29. The topological polar surface area (TPSA) is 140 Å². The number of benzene rings is 1. The van der Waals surface area contributed by atoms with Crippen LogP contribution in [-0.4, -0.2) is 56.9 Å². The largest absolute Gasteiger partial charge is 0.489 e. The molecule has 0 radical (unpaired) electrons. The highest BCUT2D eigenvalue weighted by molar-refractivity contribution is 7.87. The number of carboxylic acid groups (broad SMARTS) is 1. The third-order valence-electron chi connectivity index (χ3n) is 6.81. The molecule has 2 aromatic heterocycles. The monoisotopic (exact) mass is 542 g/mol. The van der Waals surface area contributed by atoms with Gasteiger partial charge in [-0.3, -0.25) is 9.48 Å². The molecule has 1 saturated carbocycles. The maximum absolute atomic E-state index is 12.9. The van der Waals surface area contributed by atoms with E-state index in [2.05, 4.69) is 20.0 Å². The summed E-state index contributed by atoms with van der Waals surface area (Å²) in [4.78, 5) is 16.0. The van der Waals surface area contributed by atoms with Crippen LogP contribution in [0.1, 0.15) is 48.2 Å². The van der Waals surface area contributed by atoms with E-state index in [9.17, 15) is 18.3 Å². The number of aryl methyl sites for hydroxylation is 3. The molecular weight excluding hydrogens is 508 g/mol. The van der Waals surface area contributed by atoms with Crippen LogP contribution >= 0.6 is 0 Å². The molecule has 1 aliphatic carbocycles. The molecule has 204 valence electrons. The molecular formula is C26H34N6O5S. The van der Waals surface area contributed by atoms with E-state index in [4.69, 9.17) is 4.74 Å². The van der Waals surface area contributed by atoms with Crippen molar-refractivity contribution in [3.63, 3.8) is 0 Å². The summed E-state index contributed by atoms with van der Waals surface area (Å²) < 4.78 is 37.4. The summed E-state index contributed by atoms with van der Waals surface area (Å²) in [6.45, 7) is 4.00. The van der Waals surface area contributed by atoms with Gasteiger partial charge in [-0.2, -0.15) is 17.4 Å². The summed E-state index contributed by atoms with van der Waals surface area (Å²) >= 11 is 0. The predicted octanol–water partition coefficient (Wildman–Crippen LogP) is 2.98. The quantitative estimate of drug-likeness (QED) is 0.399. The molecule has 1 aliphatic rings. The number of hydrogen-bond acceptors (Lipinski definition) is 7. The first-order valence-electron chi connectivity index (χ1n) is 12.6. The fourth-order valence-corrected chi connectivity index (χ4v) is 5.52. The Morgan fingerprint density at radius 3 is 2.74 bits per heavy atom. The van der Waals surface area contributed by atoms with Gasteiger partial charge in [-0.25, -0.2) is 4.98 Å². The maximum atomic E-state index is 12.9. The van der Waals surface area contributed by atoms with Crippen LogP contribution in [0.25, 0.3) is 11.4 Å². The second-order valence-electron chi connectivity index (χ2n) is 9.80. The number of hydrogen-bond donors (Lipinski definition) is 2. The number of aromatic nitrogens is 4. The van der Waals surface area contributed by atoms with Crippen molar-refractivity contribution in [3.8, 4) is 17.1 Å². The minimum atomic E-state index is -3.77. The number of nitrogens with one attached hydrogen (secondary N) is 1. The van der Waals surface area contributed by atoms with Crippen molar-refractivity contribution in [1.29, 1.82) is 0 Å². The van der Waals surface area contributed by atoms with Gasteiger partial charge in [-0.1, -0.05) is 35.0 Å². The second-order valence-corrected chi connectivity index (χ2v) is 11.7. The molecule has 1 fully saturated rings. The van der Waals surface area contributed by atoms with E-state index in [-0.39, 0.29) is 25.1 Å². The summed E-state index contributed by atoms with van der Waals surface area (Å²) in [5, 5.41) is 17.6. The van der Waals surface area contributed by atoms with Crippen LogP contribution in [0.3, 0.4) is 0 Å². The molecule has 12 heteroatoms. The number of ether oxygens (including phenoxy) is 1. The Balaban J connectivity index is 1.45. The van der Waals surface area contributed by atoms with Gasteiger partial charge in [0, 0.05) is 20.6 Å². The molecule has 11 nitrogen and oxygen atoms in total. The highest BCUT2D eigenvalue weighted by atomic mass is 32.2. The zero-order chi connectivity index (χ0) is 27.4. The lowest BCUT2D eigenvalue weighted by Gasteiger charge is -2.27. The van der Waals surface area contributed by atoms with Crippen LogP contribution in [0.5, 0.6) is 5.75 Å². The van der Waals surface area contributed by atoms with Crippen LogP contribution in [-0.2, 0) is 35.1 Å². The molecule has 0 aliphatic heterocycles. The fourth-order valence-electron chi connectivity index (χ4n) is 4.66. The first kappa shape index (κ1) is 27.7. The minimum absolute atomic E-state index is 0.0169. The smallest absolute Gasteiger partial charge is 0.306 e. The van der Waals surface area contributed by atoms with Crippen molar-refractivity contribution in [2.75, 3.05) is 7.05 Å². The lowest BCUT2D eigenvalue weighted by atomic mass is 9.87. The molecule has 0 spiro atoms. The number of pyridine rings is 1. The lowest BCUT2D eigenvalue weighted by molar-refractivity contribution is -0.143. The first-order valence-corrected chi connectivity index (χ1v) is 14.0. The lowest BCUT2D eigenvalue weighted by Crippen LogP contribution is -2.37. The number of rotatable bonds is 10. The highest BCUT2D eigenvalue weighted by Crippen LogP contribution is 2.30. The van der Waals surface area contributed by atoms with E-state index in [1.807, 2.05) is 38.1 Å². The summed E-state index contributed by atoms with van der Waals surface area (Å²) in [5.41, 5.74) is 4.17. The van der Waals surface area contributed by atoms with Gasteiger partial charge < -0.3 is 9.84 Å². The Bertz CT molecular complexity index is 1410. The Hall–Kier alpha value is -3.35. The first-order chi connectivity index (χ1) is 18.0. The molecule has 2 unspecified atom stereocenters. The third-order valence-corrected chi connectivity index (χ3v) is 8.27.